The van der Waals surface area contributed by atoms with E-state index in [1.54, 1.807) is 5.43 Å². The lowest BCUT2D eigenvalue weighted by Gasteiger charge is -2.06. The monoisotopic (exact) mass is 253 g/mol. The standard InChI is InChI=1S/C8H10F3N3O3/c1-2-17-6(15)3-5(8(9,10)11)4-13-14-7(12)16/h3-4H,2H2,1H3,(H3,12,14,16)/b5-3+,13-4+. The van der Waals surface area contributed by atoms with E-state index >= 15 is 0 Å². The van der Waals surface area contributed by atoms with Crippen LogP contribution in [0.5, 0.6) is 0 Å². The van der Waals surface area contributed by atoms with E-state index in [0.29, 0.717) is 0 Å². The second-order valence-corrected chi connectivity index (χ2v) is 2.58. The number of carbonyl (C=O) groups excluding carboxylic acids is 2. The molecule has 0 aliphatic carbocycles. The number of amides is 2. The van der Waals surface area contributed by atoms with Gasteiger partial charge in [0.2, 0.25) is 0 Å². The molecule has 0 rings (SSSR count). The van der Waals surface area contributed by atoms with Crippen LogP contribution in [0.3, 0.4) is 0 Å². The second-order valence-electron chi connectivity index (χ2n) is 2.58. The number of hydrazone groups is 1. The average molecular weight is 253 g/mol. The molecule has 0 spiro atoms. The summed E-state index contributed by atoms with van der Waals surface area (Å²) in [5.74, 6) is -1.16. The van der Waals surface area contributed by atoms with Gasteiger partial charge in [0, 0.05) is 6.08 Å². The van der Waals surface area contributed by atoms with Gasteiger partial charge in [-0.05, 0) is 6.92 Å². The maximum atomic E-state index is 12.3. The third kappa shape index (κ3) is 6.93. The van der Waals surface area contributed by atoms with Gasteiger partial charge in [-0.25, -0.2) is 15.0 Å². The van der Waals surface area contributed by atoms with Gasteiger partial charge in [0.1, 0.15) is 0 Å². The van der Waals surface area contributed by atoms with Crippen molar-refractivity contribution in [3.63, 3.8) is 0 Å². The Hall–Kier alpha value is -2.06. The van der Waals surface area contributed by atoms with Gasteiger partial charge in [-0.2, -0.15) is 18.3 Å². The molecule has 0 aliphatic rings. The molecular weight excluding hydrogens is 243 g/mol. The number of carbonyl (C=O) groups is 2. The molecule has 2 amide bonds. The highest BCUT2D eigenvalue weighted by atomic mass is 19.4. The highest BCUT2D eigenvalue weighted by molar-refractivity contribution is 5.92. The van der Waals surface area contributed by atoms with E-state index in [2.05, 4.69) is 15.6 Å². The summed E-state index contributed by atoms with van der Waals surface area (Å²) >= 11 is 0. The minimum Gasteiger partial charge on any atom is -0.463 e. The number of halogens is 3. The van der Waals surface area contributed by atoms with Gasteiger partial charge in [0.05, 0.1) is 18.4 Å². The van der Waals surface area contributed by atoms with Crippen LogP contribution >= 0.6 is 0 Å². The largest absolute Gasteiger partial charge is 0.463 e. The minimum atomic E-state index is -4.80. The molecule has 0 unspecified atom stereocenters. The Balaban J connectivity index is 4.84. The minimum absolute atomic E-state index is 0.0584. The molecule has 0 saturated carbocycles. The third-order valence-corrected chi connectivity index (χ3v) is 1.27. The number of alkyl halides is 3. The predicted molar refractivity (Wildman–Crippen MR) is 52.0 cm³/mol. The molecule has 0 bridgehead atoms. The van der Waals surface area contributed by atoms with Crippen LogP contribution in [0.15, 0.2) is 16.8 Å². The van der Waals surface area contributed by atoms with Crippen LogP contribution in [0.2, 0.25) is 0 Å². The summed E-state index contributed by atoms with van der Waals surface area (Å²) in [6, 6.07) is -1.13. The van der Waals surface area contributed by atoms with Crippen LogP contribution in [0.25, 0.3) is 0 Å². The lowest BCUT2D eigenvalue weighted by Crippen LogP contribution is -2.25. The summed E-state index contributed by atoms with van der Waals surface area (Å²) in [5, 5.41) is 2.91. The zero-order chi connectivity index (χ0) is 13.5. The van der Waals surface area contributed by atoms with E-state index in [1.165, 1.54) is 6.92 Å². The van der Waals surface area contributed by atoms with Gasteiger partial charge in [-0.1, -0.05) is 0 Å². The predicted octanol–water partition coefficient (Wildman–Crippen LogP) is 0.692. The van der Waals surface area contributed by atoms with Crippen molar-refractivity contribution >= 4 is 18.2 Å². The zero-order valence-corrected chi connectivity index (χ0v) is 8.75. The lowest BCUT2D eigenvalue weighted by atomic mass is 10.2. The van der Waals surface area contributed by atoms with Gasteiger partial charge in [-0.3, -0.25) is 0 Å². The van der Waals surface area contributed by atoms with Gasteiger partial charge in [0.15, 0.2) is 0 Å². The first kappa shape index (κ1) is 14.9. The molecule has 0 aromatic heterocycles. The topological polar surface area (TPSA) is 93.8 Å². The van der Waals surface area contributed by atoms with E-state index in [4.69, 9.17) is 0 Å². The number of primary amides is 1. The summed E-state index contributed by atoms with van der Waals surface area (Å²) < 4.78 is 41.3. The molecular formula is C8H10F3N3O3. The number of ether oxygens (including phenoxy) is 1. The molecule has 3 N–H and O–H groups in total. The molecule has 0 saturated heterocycles. The smallest absolute Gasteiger partial charge is 0.418 e. The van der Waals surface area contributed by atoms with E-state index in [0.717, 1.165) is 0 Å². The molecule has 0 aromatic rings. The quantitative estimate of drug-likeness (QED) is 0.334. The fraction of sp³-hybridized carbons (Fsp3) is 0.375. The Morgan fingerprint density at radius 2 is 2.06 bits per heavy atom. The van der Waals surface area contributed by atoms with E-state index < -0.39 is 23.7 Å². The Morgan fingerprint density at radius 1 is 1.47 bits per heavy atom. The van der Waals surface area contributed by atoms with Crippen molar-refractivity contribution < 1.29 is 27.5 Å². The molecule has 9 heteroatoms. The molecule has 0 aliphatic heterocycles. The van der Waals surface area contributed by atoms with Crippen LogP contribution in [-0.2, 0) is 9.53 Å². The summed E-state index contributed by atoms with van der Waals surface area (Å²) in [6.07, 6.45) is -4.33. The highest BCUT2D eigenvalue weighted by Gasteiger charge is 2.33. The molecule has 17 heavy (non-hydrogen) atoms. The number of nitrogens with zero attached hydrogens (tertiary/aromatic N) is 1. The van der Waals surface area contributed by atoms with Crippen molar-refractivity contribution in [3.8, 4) is 0 Å². The number of nitrogens with one attached hydrogen (secondary N) is 1. The Bertz CT molecular complexity index is 350. The normalized spacial score (nSPS) is 12.6. The van der Waals surface area contributed by atoms with Crippen LogP contribution in [0.1, 0.15) is 6.92 Å². The fourth-order valence-electron chi connectivity index (χ4n) is 0.669. The van der Waals surface area contributed by atoms with E-state index in [1.807, 2.05) is 0 Å². The maximum absolute atomic E-state index is 12.3. The number of hydrogen-bond donors (Lipinski definition) is 2. The maximum Gasteiger partial charge on any atom is 0.418 e. The second kappa shape index (κ2) is 6.51. The summed E-state index contributed by atoms with van der Waals surface area (Å²) in [4.78, 5) is 21.0. The Kier molecular flexibility index (Phi) is 5.72. The van der Waals surface area contributed by atoms with Crippen LogP contribution < -0.4 is 11.2 Å². The summed E-state index contributed by atoms with van der Waals surface area (Å²) in [5.41, 5.74) is 4.78. The van der Waals surface area contributed by atoms with Crippen molar-refractivity contribution in [2.45, 2.75) is 13.1 Å². The van der Waals surface area contributed by atoms with Crippen molar-refractivity contribution in [2.75, 3.05) is 6.61 Å². The third-order valence-electron chi connectivity index (χ3n) is 1.27. The molecule has 0 heterocycles. The number of urea groups is 1. The first-order valence-electron chi connectivity index (χ1n) is 4.31. The zero-order valence-electron chi connectivity index (χ0n) is 8.75. The lowest BCUT2D eigenvalue weighted by molar-refractivity contribution is -0.138. The highest BCUT2D eigenvalue weighted by Crippen LogP contribution is 2.24. The van der Waals surface area contributed by atoms with Gasteiger partial charge >= 0.3 is 18.2 Å². The van der Waals surface area contributed by atoms with Gasteiger partial charge in [0.25, 0.3) is 0 Å². The number of esters is 1. The van der Waals surface area contributed by atoms with Crippen molar-refractivity contribution in [1.29, 1.82) is 0 Å². The molecule has 0 fully saturated rings. The molecule has 0 aromatic carbocycles. The number of nitrogens with two attached hydrogens (primary N) is 1. The van der Waals surface area contributed by atoms with Crippen LogP contribution in [0, 0.1) is 0 Å². The Morgan fingerprint density at radius 3 is 2.47 bits per heavy atom. The van der Waals surface area contributed by atoms with E-state index in [9.17, 15) is 22.8 Å². The van der Waals surface area contributed by atoms with Crippen molar-refractivity contribution in [1.82, 2.24) is 5.43 Å². The number of rotatable bonds is 4. The van der Waals surface area contributed by atoms with Gasteiger partial charge < -0.3 is 10.5 Å². The Labute approximate surface area is 94.3 Å². The molecule has 0 atom stereocenters. The first-order valence-corrected chi connectivity index (χ1v) is 4.31. The number of allylic oxidation sites excluding steroid dienone is 1. The van der Waals surface area contributed by atoms with Crippen molar-refractivity contribution in [3.05, 3.63) is 11.6 Å². The molecule has 6 nitrogen and oxygen atoms in total. The fourth-order valence-corrected chi connectivity index (χ4v) is 0.669. The van der Waals surface area contributed by atoms with E-state index in [-0.39, 0.29) is 18.9 Å². The van der Waals surface area contributed by atoms with Crippen LogP contribution in [-0.4, -0.2) is 31.0 Å². The van der Waals surface area contributed by atoms with Crippen LogP contribution in [0.4, 0.5) is 18.0 Å². The molecule has 0 radical (unpaired) electrons. The van der Waals surface area contributed by atoms with Crippen molar-refractivity contribution in [2.24, 2.45) is 10.8 Å². The average Bonchev–Trinajstić information content (AvgIpc) is 2.14. The summed E-state index contributed by atoms with van der Waals surface area (Å²) in [7, 11) is 0. The summed E-state index contributed by atoms with van der Waals surface area (Å²) in [6.45, 7) is 1.39. The van der Waals surface area contributed by atoms with Gasteiger partial charge in [-0.15, -0.1) is 0 Å². The molecule has 96 valence electrons. The number of hydrogen-bond acceptors (Lipinski definition) is 4. The first-order chi connectivity index (χ1) is 7.77. The SMILES string of the molecule is CCOC(=O)/C=C(\C=N\NC(N)=O)C(F)(F)F.